The van der Waals surface area contributed by atoms with Gasteiger partial charge in [0.05, 0.1) is 23.8 Å². The van der Waals surface area contributed by atoms with E-state index in [-0.39, 0.29) is 23.7 Å². The van der Waals surface area contributed by atoms with Crippen molar-refractivity contribution in [2.24, 2.45) is 0 Å². The average Bonchev–Trinajstić information content (AvgIpc) is 2.97. The van der Waals surface area contributed by atoms with Gasteiger partial charge in [-0.25, -0.2) is 8.42 Å². The van der Waals surface area contributed by atoms with Gasteiger partial charge in [0.2, 0.25) is 5.95 Å². The standard InChI is InChI=1S/C18H25N5O3S/c1-4-23(15-9-10-27(24,25)12-15)18-21-17(11-19-22-18)20-14-5-7-16(8-6-14)26-13(2)3/h5-8,11,13,15H,4,9-10,12H2,1-3H3,(H,20,21,22). The lowest BCUT2D eigenvalue weighted by atomic mass is 10.2. The van der Waals surface area contributed by atoms with Crippen LogP contribution in [0.15, 0.2) is 30.5 Å². The van der Waals surface area contributed by atoms with Crippen molar-refractivity contribution in [1.82, 2.24) is 15.2 Å². The number of rotatable bonds is 7. The predicted octanol–water partition coefficient (Wildman–Crippen LogP) is 2.42. The molecule has 1 aromatic carbocycles. The second-order valence-corrected chi connectivity index (χ2v) is 9.03. The summed E-state index contributed by atoms with van der Waals surface area (Å²) in [5, 5.41) is 11.3. The Morgan fingerprint density at radius 1 is 1.30 bits per heavy atom. The molecular formula is C18H25N5O3S. The fraction of sp³-hybridized carbons (Fsp3) is 0.500. The molecule has 0 radical (unpaired) electrons. The van der Waals surface area contributed by atoms with Gasteiger partial charge in [-0.05, 0) is 51.5 Å². The second kappa shape index (κ2) is 8.08. The Bertz CT molecular complexity index is 871. The van der Waals surface area contributed by atoms with Crippen LogP contribution in [-0.2, 0) is 9.84 Å². The summed E-state index contributed by atoms with van der Waals surface area (Å²) >= 11 is 0. The van der Waals surface area contributed by atoms with Gasteiger partial charge in [0.1, 0.15) is 5.75 Å². The minimum absolute atomic E-state index is 0.107. The summed E-state index contributed by atoms with van der Waals surface area (Å²) in [6.07, 6.45) is 2.26. The first kappa shape index (κ1) is 19.3. The first-order valence-corrected chi connectivity index (χ1v) is 10.9. The van der Waals surface area contributed by atoms with Crippen LogP contribution in [0.1, 0.15) is 27.2 Å². The molecular weight excluding hydrogens is 366 g/mol. The molecule has 0 spiro atoms. The molecule has 0 bridgehead atoms. The van der Waals surface area contributed by atoms with Crippen LogP contribution in [0, 0.1) is 0 Å². The molecule has 0 amide bonds. The lowest BCUT2D eigenvalue weighted by molar-refractivity contribution is 0.242. The molecule has 1 fully saturated rings. The third-order valence-electron chi connectivity index (χ3n) is 4.29. The van der Waals surface area contributed by atoms with Gasteiger partial charge in [0, 0.05) is 18.3 Å². The third kappa shape index (κ3) is 5.06. The van der Waals surface area contributed by atoms with Crippen LogP contribution in [0.3, 0.4) is 0 Å². The fourth-order valence-electron chi connectivity index (χ4n) is 3.10. The Morgan fingerprint density at radius 3 is 2.63 bits per heavy atom. The minimum Gasteiger partial charge on any atom is -0.491 e. The predicted molar refractivity (Wildman–Crippen MR) is 105 cm³/mol. The van der Waals surface area contributed by atoms with Gasteiger partial charge in [-0.3, -0.25) is 0 Å². The zero-order valence-corrected chi connectivity index (χ0v) is 16.6. The zero-order valence-electron chi connectivity index (χ0n) is 15.8. The number of sulfone groups is 1. The first-order valence-electron chi connectivity index (χ1n) is 9.07. The van der Waals surface area contributed by atoms with Crippen molar-refractivity contribution in [1.29, 1.82) is 0 Å². The van der Waals surface area contributed by atoms with E-state index in [1.165, 1.54) is 0 Å². The molecule has 9 heteroatoms. The highest BCUT2D eigenvalue weighted by atomic mass is 32.2. The van der Waals surface area contributed by atoms with E-state index >= 15 is 0 Å². The summed E-state index contributed by atoms with van der Waals surface area (Å²) in [7, 11) is -2.98. The van der Waals surface area contributed by atoms with Crippen molar-refractivity contribution in [3.05, 3.63) is 30.5 Å². The molecule has 0 saturated carbocycles. The van der Waals surface area contributed by atoms with E-state index < -0.39 is 9.84 Å². The van der Waals surface area contributed by atoms with Crippen molar-refractivity contribution in [2.45, 2.75) is 39.3 Å². The SMILES string of the molecule is CCN(c1nncc(Nc2ccc(OC(C)C)cc2)n1)C1CCS(=O)(=O)C1. The highest BCUT2D eigenvalue weighted by Crippen LogP contribution is 2.23. The normalized spacial score (nSPS) is 18.4. The van der Waals surface area contributed by atoms with Crippen LogP contribution in [0.25, 0.3) is 0 Å². The first-order chi connectivity index (χ1) is 12.9. The van der Waals surface area contributed by atoms with Crippen molar-refractivity contribution in [2.75, 3.05) is 28.3 Å². The van der Waals surface area contributed by atoms with Gasteiger partial charge in [-0.1, -0.05) is 0 Å². The van der Waals surface area contributed by atoms with Gasteiger partial charge in [0.15, 0.2) is 15.7 Å². The molecule has 146 valence electrons. The summed E-state index contributed by atoms with van der Waals surface area (Å²) in [6.45, 7) is 6.54. The Morgan fingerprint density at radius 2 is 2.04 bits per heavy atom. The van der Waals surface area contributed by atoms with Gasteiger partial charge in [0.25, 0.3) is 0 Å². The summed E-state index contributed by atoms with van der Waals surface area (Å²) in [4.78, 5) is 6.42. The van der Waals surface area contributed by atoms with E-state index in [2.05, 4.69) is 20.5 Å². The van der Waals surface area contributed by atoms with E-state index in [1.54, 1.807) is 6.20 Å². The topological polar surface area (TPSA) is 97.3 Å². The van der Waals surface area contributed by atoms with E-state index in [0.717, 1.165) is 11.4 Å². The quantitative estimate of drug-likeness (QED) is 0.768. The average molecular weight is 391 g/mol. The van der Waals surface area contributed by atoms with Crippen LogP contribution in [-0.4, -0.2) is 53.8 Å². The fourth-order valence-corrected chi connectivity index (χ4v) is 4.83. The Kier molecular flexibility index (Phi) is 5.79. The summed E-state index contributed by atoms with van der Waals surface area (Å²) < 4.78 is 29.2. The highest BCUT2D eigenvalue weighted by molar-refractivity contribution is 7.91. The van der Waals surface area contributed by atoms with E-state index in [4.69, 9.17) is 4.74 Å². The molecule has 1 unspecified atom stereocenters. The van der Waals surface area contributed by atoms with E-state index in [1.807, 2.05) is 49.9 Å². The monoisotopic (exact) mass is 391 g/mol. The van der Waals surface area contributed by atoms with Crippen molar-refractivity contribution < 1.29 is 13.2 Å². The number of anilines is 3. The molecule has 1 N–H and O–H groups in total. The lowest BCUT2D eigenvalue weighted by Gasteiger charge is -2.26. The largest absolute Gasteiger partial charge is 0.491 e. The highest BCUT2D eigenvalue weighted by Gasteiger charge is 2.33. The van der Waals surface area contributed by atoms with Crippen molar-refractivity contribution >= 4 is 27.3 Å². The molecule has 8 nitrogen and oxygen atoms in total. The smallest absolute Gasteiger partial charge is 0.247 e. The Hall–Kier alpha value is -2.42. The Labute approximate surface area is 159 Å². The molecule has 2 heterocycles. The van der Waals surface area contributed by atoms with Crippen LogP contribution >= 0.6 is 0 Å². The van der Waals surface area contributed by atoms with Crippen LogP contribution in [0.4, 0.5) is 17.5 Å². The van der Waals surface area contributed by atoms with Crippen molar-refractivity contribution in [3.8, 4) is 5.75 Å². The molecule has 1 aromatic heterocycles. The molecule has 1 aliphatic heterocycles. The number of nitrogens with zero attached hydrogens (tertiary/aromatic N) is 4. The third-order valence-corrected chi connectivity index (χ3v) is 6.04. The Balaban J connectivity index is 1.73. The maximum atomic E-state index is 11.8. The van der Waals surface area contributed by atoms with Crippen molar-refractivity contribution in [3.63, 3.8) is 0 Å². The van der Waals surface area contributed by atoms with Gasteiger partial charge in [-0.15, -0.1) is 5.10 Å². The number of benzene rings is 1. The van der Waals surface area contributed by atoms with Gasteiger partial charge < -0.3 is 15.0 Å². The molecule has 2 aromatic rings. The number of hydrogen-bond donors (Lipinski definition) is 1. The van der Waals surface area contributed by atoms with Gasteiger partial charge in [-0.2, -0.15) is 10.1 Å². The van der Waals surface area contributed by atoms with Crippen LogP contribution in [0.5, 0.6) is 5.75 Å². The minimum atomic E-state index is -2.98. The molecule has 1 aliphatic rings. The number of hydrogen-bond acceptors (Lipinski definition) is 8. The summed E-state index contributed by atoms with van der Waals surface area (Å²) in [6, 6.07) is 7.48. The molecule has 3 rings (SSSR count). The summed E-state index contributed by atoms with van der Waals surface area (Å²) in [5.41, 5.74) is 0.851. The molecule has 0 aliphatic carbocycles. The van der Waals surface area contributed by atoms with Crippen LogP contribution in [0.2, 0.25) is 0 Å². The number of ether oxygens (including phenoxy) is 1. The summed E-state index contributed by atoms with van der Waals surface area (Å²) in [5.74, 6) is 2.14. The lowest BCUT2D eigenvalue weighted by Crippen LogP contribution is -2.37. The number of aromatic nitrogens is 3. The zero-order chi connectivity index (χ0) is 19.4. The maximum absolute atomic E-state index is 11.8. The van der Waals surface area contributed by atoms with E-state index in [9.17, 15) is 8.42 Å². The maximum Gasteiger partial charge on any atom is 0.247 e. The second-order valence-electron chi connectivity index (χ2n) is 6.80. The van der Waals surface area contributed by atoms with E-state index in [0.29, 0.717) is 24.7 Å². The van der Waals surface area contributed by atoms with Gasteiger partial charge >= 0.3 is 0 Å². The molecule has 1 saturated heterocycles. The molecule has 27 heavy (non-hydrogen) atoms. The number of nitrogens with one attached hydrogen (secondary N) is 1. The van der Waals surface area contributed by atoms with Crippen LogP contribution < -0.4 is 15.0 Å². The molecule has 1 atom stereocenters.